The molecule has 0 radical (unpaired) electrons. The van der Waals surface area contributed by atoms with E-state index in [1.54, 1.807) is 13.0 Å². The number of piperidine rings is 1. The van der Waals surface area contributed by atoms with Crippen LogP contribution in [0.1, 0.15) is 62.5 Å². The molecule has 2 aliphatic heterocycles. The van der Waals surface area contributed by atoms with Gasteiger partial charge in [0, 0.05) is 60.4 Å². The molecule has 2 aromatic carbocycles. The third-order valence-corrected chi connectivity index (χ3v) is 8.15. The van der Waals surface area contributed by atoms with Crippen LogP contribution < -0.4 is 15.1 Å². The second-order valence-corrected chi connectivity index (χ2v) is 11.4. The van der Waals surface area contributed by atoms with Gasteiger partial charge in [-0.2, -0.15) is 5.26 Å². The molecule has 0 bridgehead atoms. The number of ether oxygens (including phenoxy) is 1. The van der Waals surface area contributed by atoms with Gasteiger partial charge in [0.2, 0.25) is 0 Å². The van der Waals surface area contributed by atoms with Crippen LogP contribution in [0.4, 0.5) is 22.9 Å². The number of hydrogen-bond acceptors (Lipinski definition) is 8. The largest absolute Gasteiger partial charge is 0.461 e. The van der Waals surface area contributed by atoms with E-state index in [4.69, 9.17) is 15.1 Å². The molecule has 0 saturated carbocycles. The van der Waals surface area contributed by atoms with Gasteiger partial charge in [0.05, 0.1) is 12.7 Å². The normalized spacial score (nSPS) is 15.5. The molecule has 218 valence electrons. The van der Waals surface area contributed by atoms with Crippen LogP contribution in [0.3, 0.4) is 0 Å². The van der Waals surface area contributed by atoms with Crippen LogP contribution in [0, 0.1) is 28.6 Å². The molecule has 0 amide bonds. The summed E-state index contributed by atoms with van der Waals surface area (Å²) in [6.07, 6.45) is 4.12. The molecule has 0 spiro atoms. The molecule has 2 aliphatic rings. The number of pyridine rings is 1. The lowest BCUT2D eigenvalue weighted by molar-refractivity contribution is 0.0519. The highest BCUT2D eigenvalue weighted by Crippen LogP contribution is 2.35. The van der Waals surface area contributed by atoms with E-state index >= 15 is 0 Å². The Morgan fingerprint density at radius 3 is 2.38 bits per heavy atom. The zero-order chi connectivity index (χ0) is 29.6. The van der Waals surface area contributed by atoms with Crippen molar-refractivity contribution in [3.05, 3.63) is 65.9 Å². The Labute approximate surface area is 248 Å². The maximum Gasteiger partial charge on any atom is 0.357 e. The number of benzene rings is 2. The van der Waals surface area contributed by atoms with Gasteiger partial charge in [0.1, 0.15) is 5.82 Å². The van der Waals surface area contributed by atoms with Crippen LogP contribution in [0.5, 0.6) is 0 Å². The average molecular weight is 565 g/mol. The molecule has 8 heteroatoms. The Morgan fingerprint density at radius 2 is 1.74 bits per heavy atom. The van der Waals surface area contributed by atoms with Gasteiger partial charge in [-0.15, -0.1) is 0 Å². The van der Waals surface area contributed by atoms with E-state index in [1.165, 1.54) is 12.8 Å². The molecule has 2 saturated heterocycles. The van der Waals surface area contributed by atoms with Crippen LogP contribution in [0.15, 0.2) is 54.6 Å². The summed E-state index contributed by atoms with van der Waals surface area (Å²) in [5.74, 6) is 0.0455. The van der Waals surface area contributed by atoms with Crippen molar-refractivity contribution in [2.75, 3.05) is 47.9 Å². The van der Waals surface area contributed by atoms with Crippen molar-refractivity contribution in [3.63, 3.8) is 0 Å². The van der Waals surface area contributed by atoms with Crippen LogP contribution >= 0.6 is 0 Å². The fraction of sp³-hybridized carbons (Fsp3) is 0.412. The number of hydrogen-bond donors (Lipinski definition) is 2. The third-order valence-electron chi connectivity index (χ3n) is 8.15. The monoisotopic (exact) mass is 564 g/mol. The first-order chi connectivity index (χ1) is 20.4. The number of aromatic nitrogens is 1. The van der Waals surface area contributed by atoms with E-state index in [2.05, 4.69) is 45.5 Å². The fourth-order valence-corrected chi connectivity index (χ4v) is 5.75. The van der Waals surface area contributed by atoms with Crippen molar-refractivity contribution in [3.8, 4) is 17.2 Å². The standard InChI is InChI=1S/C34H40N6O2/c1-4-42-34(41)30-21-29(25-10-12-27(13-11-25)40-18-14-24(22-35)15-19-40)31(32(36)23(2)3)33(38-30)37-26-8-7-9-28(20-26)39-16-5-6-17-39/h7-13,20-21,23-24,36H,4-6,14-19H2,1-3H3,(H,37,38). The number of rotatable bonds is 9. The summed E-state index contributed by atoms with van der Waals surface area (Å²) < 4.78 is 5.36. The molecule has 5 rings (SSSR count). The highest BCUT2D eigenvalue weighted by molar-refractivity contribution is 6.10. The highest BCUT2D eigenvalue weighted by Gasteiger charge is 2.24. The summed E-state index contributed by atoms with van der Waals surface area (Å²) in [6, 6.07) is 20.7. The molecule has 0 unspecified atom stereocenters. The minimum Gasteiger partial charge on any atom is -0.461 e. The van der Waals surface area contributed by atoms with E-state index < -0.39 is 5.97 Å². The SMILES string of the molecule is CCOC(=O)c1cc(-c2ccc(N3CCC(C#N)CC3)cc2)c(C(=N)C(C)C)c(Nc2cccc(N3CCCC3)c2)n1. The molecule has 42 heavy (non-hydrogen) atoms. The maximum absolute atomic E-state index is 13.0. The Balaban J connectivity index is 1.56. The molecule has 3 aromatic rings. The van der Waals surface area contributed by atoms with Crippen LogP contribution in [-0.4, -0.2) is 49.5 Å². The number of esters is 1. The van der Waals surface area contributed by atoms with Gasteiger partial charge in [0.15, 0.2) is 5.69 Å². The summed E-state index contributed by atoms with van der Waals surface area (Å²) in [6.45, 7) is 9.81. The van der Waals surface area contributed by atoms with Crippen molar-refractivity contribution in [1.29, 1.82) is 10.7 Å². The van der Waals surface area contributed by atoms with E-state index in [1.807, 2.05) is 38.1 Å². The van der Waals surface area contributed by atoms with E-state index in [9.17, 15) is 10.1 Å². The van der Waals surface area contributed by atoms with Gasteiger partial charge in [0.25, 0.3) is 0 Å². The van der Waals surface area contributed by atoms with Crippen LogP contribution in [-0.2, 0) is 4.74 Å². The lowest BCUT2D eigenvalue weighted by Gasteiger charge is -2.31. The lowest BCUT2D eigenvalue weighted by Crippen LogP contribution is -2.33. The minimum atomic E-state index is -0.493. The van der Waals surface area contributed by atoms with Crippen molar-refractivity contribution in [1.82, 2.24) is 4.98 Å². The number of carbonyl (C=O) groups excluding carboxylic acids is 1. The summed E-state index contributed by atoms with van der Waals surface area (Å²) in [7, 11) is 0. The molecule has 2 N–H and O–H groups in total. The van der Waals surface area contributed by atoms with Gasteiger partial charge in [-0.1, -0.05) is 32.0 Å². The number of nitrogens with zero attached hydrogens (tertiary/aromatic N) is 4. The summed E-state index contributed by atoms with van der Waals surface area (Å²) >= 11 is 0. The average Bonchev–Trinajstić information content (AvgIpc) is 3.56. The number of anilines is 4. The first-order valence-corrected chi connectivity index (χ1v) is 15.1. The first-order valence-electron chi connectivity index (χ1n) is 15.1. The van der Waals surface area contributed by atoms with Crippen molar-refractivity contribution >= 4 is 34.6 Å². The van der Waals surface area contributed by atoms with E-state index in [-0.39, 0.29) is 24.1 Å². The zero-order valence-corrected chi connectivity index (χ0v) is 24.8. The molecule has 0 atom stereocenters. The molecular weight excluding hydrogens is 524 g/mol. The second-order valence-electron chi connectivity index (χ2n) is 11.4. The maximum atomic E-state index is 13.0. The van der Waals surface area contributed by atoms with E-state index in [0.717, 1.165) is 67.2 Å². The third kappa shape index (κ3) is 6.41. The fourth-order valence-electron chi connectivity index (χ4n) is 5.75. The van der Waals surface area contributed by atoms with E-state index in [0.29, 0.717) is 17.1 Å². The van der Waals surface area contributed by atoms with Gasteiger partial charge in [-0.05, 0) is 86.1 Å². The van der Waals surface area contributed by atoms with Crippen molar-refractivity contribution in [2.24, 2.45) is 11.8 Å². The van der Waals surface area contributed by atoms with Gasteiger partial charge in [-0.25, -0.2) is 9.78 Å². The Hall–Kier alpha value is -4.38. The minimum absolute atomic E-state index is 0.0591. The Kier molecular flexibility index (Phi) is 9.06. The lowest BCUT2D eigenvalue weighted by atomic mass is 9.91. The Bertz CT molecular complexity index is 1460. The van der Waals surface area contributed by atoms with Crippen molar-refractivity contribution < 1.29 is 9.53 Å². The number of nitriles is 1. The predicted molar refractivity (Wildman–Crippen MR) is 169 cm³/mol. The smallest absolute Gasteiger partial charge is 0.357 e. The summed E-state index contributed by atoms with van der Waals surface area (Å²) in [5.41, 5.74) is 6.08. The molecule has 0 aliphatic carbocycles. The predicted octanol–water partition coefficient (Wildman–Crippen LogP) is 7.03. The van der Waals surface area contributed by atoms with Gasteiger partial charge >= 0.3 is 5.97 Å². The Morgan fingerprint density at radius 1 is 1.05 bits per heavy atom. The van der Waals surface area contributed by atoms with Crippen LogP contribution in [0.25, 0.3) is 11.1 Å². The molecule has 2 fully saturated rings. The van der Waals surface area contributed by atoms with Crippen molar-refractivity contribution in [2.45, 2.75) is 46.5 Å². The van der Waals surface area contributed by atoms with Crippen LogP contribution in [0.2, 0.25) is 0 Å². The molecule has 8 nitrogen and oxygen atoms in total. The number of nitrogens with one attached hydrogen (secondary N) is 2. The zero-order valence-electron chi connectivity index (χ0n) is 24.8. The number of carbonyl (C=O) groups is 1. The molecule has 1 aromatic heterocycles. The molecule has 3 heterocycles. The summed E-state index contributed by atoms with van der Waals surface area (Å²) in [5, 5.41) is 21.9. The summed E-state index contributed by atoms with van der Waals surface area (Å²) in [4.78, 5) is 22.4. The molecular formula is C34H40N6O2. The first kappa shape index (κ1) is 29.1. The topological polar surface area (TPSA) is 105 Å². The van der Waals surface area contributed by atoms with Gasteiger partial charge in [-0.3, -0.25) is 0 Å². The highest BCUT2D eigenvalue weighted by atomic mass is 16.5. The van der Waals surface area contributed by atoms with Gasteiger partial charge < -0.3 is 25.3 Å². The second kappa shape index (κ2) is 13.1. The quantitative estimate of drug-likeness (QED) is 0.212.